The van der Waals surface area contributed by atoms with Gasteiger partial charge in [0.2, 0.25) is 0 Å². The maximum absolute atomic E-state index is 11.8. The standard InChI is InChI=1S/C17H31NO2/c1-4-9-17(16(19)20)10-6-11-18(12-17)15-13(2)7-5-8-14(15)3/h13-15H,4-12H2,1-3H3,(H,19,20). The van der Waals surface area contributed by atoms with E-state index in [0.29, 0.717) is 17.9 Å². The maximum Gasteiger partial charge on any atom is 0.310 e. The number of nitrogens with zero attached hydrogens (tertiary/aromatic N) is 1. The van der Waals surface area contributed by atoms with Crippen LogP contribution in [0, 0.1) is 17.3 Å². The van der Waals surface area contributed by atoms with Gasteiger partial charge in [-0.15, -0.1) is 0 Å². The van der Waals surface area contributed by atoms with E-state index < -0.39 is 11.4 Å². The van der Waals surface area contributed by atoms with Crippen LogP contribution in [0.5, 0.6) is 0 Å². The highest BCUT2D eigenvalue weighted by Gasteiger charge is 2.45. The van der Waals surface area contributed by atoms with Crippen LogP contribution in [0.1, 0.15) is 65.7 Å². The van der Waals surface area contributed by atoms with Gasteiger partial charge in [-0.1, -0.05) is 33.6 Å². The highest BCUT2D eigenvalue weighted by Crippen LogP contribution is 2.40. The molecule has 0 spiro atoms. The number of hydrogen-bond acceptors (Lipinski definition) is 2. The number of likely N-dealkylation sites (tertiary alicyclic amines) is 1. The molecule has 3 atom stereocenters. The number of rotatable bonds is 4. The van der Waals surface area contributed by atoms with Gasteiger partial charge in [0, 0.05) is 12.6 Å². The molecule has 2 rings (SSSR count). The molecule has 0 aromatic heterocycles. The minimum absolute atomic E-state index is 0.482. The SMILES string of the molecule is CCCC1(C(=O)O)CCCN(C2C(C)CCCC2C)C1. The van der Waals surface area contributed by atoms with E-state index in [9.17, 15) is 9.90 Å². The highest BCUT2D eigenvalue weighted by molar-refractivity contribution is 5.75. The first-order valence-corrected chi connectivity index (χ1v) is 8.47. The van der Waals surface area contributed by atoms with Crippen molar-refractivity contribution in [3.05, 3.63) is 0 Å². The van der Waals surface area contributed by atoms with E-state index >= 15 is 0 Å². The van der Waals surface area contributed by atoms with Crippen molar-refractivity contribution in [2.75, 3.05) is 13.1 Å². The van der Waals surface area contributed by atoms with E-state index in [1.54, 1.807) is 0 Å². The van der Waals surface area contributed by atoms with E-state index in [1.165, 1.54) is 19.3 Å². The Morgan fingerprint density at radius 2 is 1.90 bits per heavy atom. The van der Waals surface area contributed by atoms with E-state index in [4.69, 9.17) is 0 Å². The van der Waals surface area contributed by atoms with Crippen LogP contribution >= 0.6 is 0 Å². The lowest BCUT2D eigenvalue weighted by atomic mass is 9.72. The third-order valence-electron chi connectivity index (χ3n) is 5.70. The van der Waals surface area contributed by atoms with Crippen LogP contribution in [-0.2, 0) is 4.79 Å². The Morgan fingerprint density at radius 3 is 2.45 bits per heavy atom. The highest BCUT2D eigenvalue weighted by atomic mass is 16.4. The molecule has 0 bridgehead atoms. The second kappa shape index (κ2) is 6.46. The van der Waals surface area contributed by atoms with Crippen molar-refractivity contribution in [1.82, 2.24) is 4.90 Å². The molecule has 2 fully saturated rings. The van der Waals surface area contributed by atoms with Gasteiger partial charge in [0.05, 0.1) is 5.41 Å². The minimum Gasteiger partial charge on any atom is -0.481 e. The molecule has 0 aromatic rings. The second-order valence-electron chi connectivity index (χ2n) is 7.29. The van der Waals surface area contributed by atoms with Crippen LogP contribution in [0.15, 0.2) is 0 Å². The van der Waals surface area contributed by atoms with E-state index in [0.717, 1.165) is 38.8 Å². The van der Waals surface area contributed by atoms with Gasteiger partial charge in [0.1, 0.15) is 0 Å². The molecule has 1 aliphatic heterocycles. The summed E-state index contributed by atoms with van der Waals surface area (Å²) < 4.78 is 0. The summed E-state index contributed by atoms with van der Waals surface area (Å²) >= 11 is 0. The van der Waals surface area contributed by atoms with Gasteiger partial charge in [-0.25, -0.2) is 0 Å². The fraction of sp³-hybridized carbons (Fsp3) is 0.941. The number of aliphatic carboxylic acids is 1. The average Bonchev–Trinajstić information content (AvgIpc) is 2.39. The minimum atomic E-state index is -0.569. The largest absolute Gasteiger partial charge is 0.481 e. The van der Waals surface area contributed by atoms with Crippen LogP contribution in [-0.4, -0.2) is 35.1 Å². The molecule has 1 N–H and O–H groups in total. The molecule has 0 aromatic carbocycles. The zero-order valence-electron chi connectivity index (χ0n) is 13.4. The van der Waals surface area contributed by atoms with Gasteiger partial charge < -0.3 is 5.11 Å². The Hall–Kier alpha value is -0.570. The molecule has 1 heterocycles. The van der Waals surface area contributed by atoms with Gasteiger partial charge in [0.15, 0.2) is 0 Å². The van der Waals surface area contributed by atoms with Crippen LogP contribution in [0.2, 0.25) is 0 Å². The molecular formula is C17H31NO2. The summed E-state index contributed by atoms with van der Waals surface area (Å²) in [6.45, 7) is 8.69. The fourth-order valence-electron chi connectivity index (χ4n) is 4.77. The Labute approximate surface area is 123 Å². The Kier molecular flexibility index (Phi) is 5.11. The zero-order chi connectivity index (χ0) is 14.8. The normalized spacial score (nSPS) is 39.6. The monoisotopic (exact) mass is 281 g/mol. The molecule has 20 heavy (non-hydrogen) atoms. The van der Waals surface area contributed by atoms with Crippen molar-refractivity contribution in [2.24, 2.45) is 17.3 Å². The molecular weight excluding hydrogens is 250 g/mol. The van der Waals surface area contributed by atoms with Gasteiger partial charge in [-0.3, -0.25) is 9.69 Å². The lowest BCUT2D eigenvalue weighted by Crippen LogP contribution is -2.55. The number of carboxylic acids is 1. The van der Waals surface area contributed by atoms with Gasteiger partial charge in [-0.2, -0.15) is 0 Å². The Morgan fingerprint density at radius 1 is 1.25 bits per heavy atom. The summed E-state index contributed by atoms with van der Waals surface area (Å²) in [4.78, 5) is 14.4. The van der Waals surface area contributed by atoms with Gasteiger partial charge in [0.25, 0.3) is 0 Å². The number of carboxylic acid groups (broad SMARTS) is 1. The van der Waals surface area contributed by atoms with E-state index in [2.05, 4.69) is 25.7 Å². The topological polar surface area (TPSA) is 40.5 Å². The number of piperidine rings is 1. The lowest BCUT2D eigenvalue weighted by Gasteiger charge is -2.48. The van der Waals surface area contributed by atoms with Crippen molar-refractivity contribution in [2.45, 2.75) is 71.8 Å². The molecule has 2 aliphatic rings. The quantitative estimate of drug-likeness (QED) is 0.852. The van der Waals surface area contributed by atoms with Gasteiger partial charge in [-0.05, 0) is 50.5 Å². The first-order chi connectivity index (χ1) is 9.50. The van der Waals surface area contributed by atoms with Crippen LogP contribution < -0.4 is 0 Å². The fourth-order valence-corrected chi connectivity index (χ4v) is 4.77. The third-order valence-corrected chi connectivity index (χ3v) is 5.70. The summed E-state index contributed by atoms with van der Waals surface area (Å²) in [5, 5.41) is 9.74. The molecule has 3 heteroatoms. The molecule has 0 radical (unpaired) electrons. The van der Waals surface area contributed by atoms with Crippen molar-refractivity contribution in [1.29, 1.82) is 0 Å². The smallest absolute Gasteiger partial charge is 0.310 e. The van der Waals surface area contributed by atoms with Crippen LogP contribution in [0.3, 0.4) is 0 Å². The molecule has 1 aliphatic carbocycles. The van der Waals surface area contributed by atoms with Crippen molar-refractivity contribution < 1.29 is 9.90 Å². The third kappa shape index (κ3) is 3.03. The number of hydrogen-bond donors (Lipinski definition) is 1. The molecule has 1 saturated carbocycles. The summed E-state index contributed by atoms with van der Waals surface area (Å²) in [7, 11) is 0. The van der Waals surface area contributed by atoms with E-state index in [1.807, 2.05) is 0 Å². The van der Waals surface area contributed by atoms with Crippen LogP contribution in [0.25, 0.3) is 0 Å². The first kappa shape index (κ1) is 15.8. The van der Waals surface area contributed by atoms with E-state index in [-0.39, 0.29) is 0 Å². The molecule has 3 unspecified atom stereocenters. The molecule has 3 nitrogen and oxygen atoms in total. The molecule has 116 valence electrons. The predicted octanol–water partition coefficient (Wildman–Crippen LogP) is 3.78. The number of carbonyl (C=O) groups is 1. The molecule has 1 saturated heterocycles. The summed E-state index contributed by atoms with van der Waals surface area (Å²) in [5.74, 6) is 0.857. The Bertz CT molecular complexity index is 330. The molecule has 0 amide bonds. The summed E-state index contributed by atoms with van der Waals surface area (Å²) in [5.41, 5.74) is -0.482. The zero-order valence-corrected chi connectivity index (χ0v) is 13.4. The second-order valence-corrected chi connectivity index (χ2v) is 7.29. The Balaban J connectivity index is 2.14. The maximum atomic E-state index is 11.8. The summed E-state index contributed by atoms with van der Waals surface area (Å²) in [6.07, 6.45) is 7.65. The first-order valence-electron chi connectivity index (χ1n) is 8.47. The van der Waals surface area contributed by atoms with Crippen molar-refractivity contribution in [3.8, 4) is 0 Å². The van der Waals surface area contributed by atoms with Crippen molar-refractivity contribution >= 4 is 5.97 Å². The van der Waals surface area contributed by atoms with Gasteiger partial charge >= 0.3 is 5.97 Å². The lowest BCUT2D eigenvalue weighted by molar-refractivity contribution is -0.155. The van der Waals surface area contributed by atoms with Crippen LogP contribution in [0.4, 0.5) is 0 Å². The summed E-state index contributed by atoms with van der Waals surface area (Å²) in [6, 6.07) is 0.597. The van der Waals surface area contributed by atoms with Crippen molar-refractivity contribution in [3.63, 3.8) is 0 Å². The average molecular weight is 281 g/mol. The predicted molar refractivity (Wildman–Crippen MR) is 81.8 cm³/mol.